The minimum absolute atomic E-state index is 0.0294. The fraction of sp³-hybridized carbons (Fsp3) is 0.360. The molecule has 0 spiro atoms. The first-order chi connectivity index (χ1) is 16.2. The van der Waals surface area contributed by atoms with Crippen molar-refractivity contribution in [3.8, 4) is 0 Å². The molecule has 2 amide bonds. The molecule has 1 fully saturated rings. The number of nitrogens with one attached hydrogen (secondary N) is 1. The number of carbonyl (C=O) groups excluding carboxylic acids is 3. The number of aromatic nitrogens is 1. The Balaban J connectivity index is 1.48. The van der Waals surface area contributed by atoms with Crippen LogP contribution in [0.25, 0.3) is 0 Å². The molecule has 0 atom stereocenters. The summed E-state index contributed by atoms with van der Waals surface area (Å²) in [4.78, 5) is 44.6. The molecule has 34 heavy (non-hydrogen) atoms. The van der Waals surface area contributed by atoms with Gasteiger partial charge in [0.15, 0.2) is 5.13 Å². The van der Waals surface area contributed by atoms with Crippen LogP contribution >= 0.6 is 22.7 Å². The first-order valence-electron chi connectivity index (χ1n) is 11.1. The number of ether oxygens (including phenoxy) is 1. The van der Waals surface area contributed by atoms with Gasteiger partial charge in [-0.2, -0.15) is 0 Å². The van der Waals surface area contributed by atoms with Gasteiger partial charge in [0, 0.05) is 23.1 Å². The number of aryl methyl sites for hydroxylation is 3. The fourth-order valence-corrected chi connectivity index (χ4v) is 5.41. The molecule has 1 aliphatic rings. The van der Waals surface area contributed by atoms with Crippen LogP contribution in [0.1, 0.15) is 57.4 Å². The molecule has 3 aromatic rings. The highest BCUT2D eigenvalue weighted by molar-refractivity contribution is 7.16. The van der Waals surface area contributed by atoms with Crippen molar-refractivity contribution in [2.45, 2.75) is 54.1 Å². The highest BCUT2D eigenvalue weighted by Crippen LogP contribution is 2.36. The van der Waals surface area contributed by atoms with Crippen LogP contribution < -0.4 is 10.2 Å². The summed E-state index contributed by atoms with van der Waals surface area (Å²) in [7, 11) is 0. The maximum atomic E-state index is 12.9. The second kappa shape index (κ2) is 9.68. The number of esters is 1. The standard InChI is InChI=1S/C25H27N3O4S2/c1-13-6-9-20(10-14(13)2)28(17(5)29)25-26-19(12-33-25)11-32-24(31)21-15(3)16(4)34-23(21)27-22(30)18-7-8-18/h6,9-10,12,18H,7-8,11H2,1-5H3,(H,27,30). The Morgan fingerprint density at radius 3 is 2.53 bits per heavy atom. The molecular weight excluding hydrogens is 470 g/mol. The molecule has 0 radical (unpaired) electrons. The first kappa shape index (κ1) is 24.1. The van der Waals surface area contributed by atoms with Gasteiger partial charge in [-0.15, -0.1) is 22.7 Å². The van der Waals surface area contributed by atoms with Crippen LogP contribution in [0.3, 0.4) is 0 Å². The second-order valence-electron chi connectivity index (χ2n) is 8.57. The van der Waals surface area contributed by atoms with Crippen LogP contribution in [0, 0.1) is 33.6 Å². The molecule has 1 saturated carbocycles. The van der Waals surface area contributed by atoms with Crippen molar-refractivity contribution in [3.63, 3.8) is 0 Å². The van der Waals surface area contributed by atoms with Crippen molar-refractivity contribution in [3.05, 3.63) is 56.4 Å². The van der Waals surface area contributed by atoms with Crippen molar-refractivity contribution < 1.29 is 19.1 Å². The fourth-order valence-electron chi connectivity index (χ4n) is 3.49. The van der Waals surface area contributed by atoms with Crippen LogP contribution in [0.4, 0.5) is 15.8 Å². The molecular formula is C25H27N3O4S2. The first-order valence-corrected chi connectivity index (χ1v) is 12.8. The Labute approximate surface area is 206 Å². The van der Waals surface area contributed by atoms with E-state index in [0.717, 1.165) is 40.1 Å². The van der Waals surface area contributed by atoms with Gasteiger partial charge in [-0.25, -0.2) is 9.78 Å². The van der Waals surface area contributed by atoms with Crippen LogP contribution in [0.15, 0.2) is 23.6 Å². The van der Waals surface area contributed by atoms with Crippen molar-refractivity contribution in [2.24, 2.45) is 5.92 Å². The topological polar surface area (TPSA) is 88.6 Å². The highest BCUT2D eigenvalue weighted by Gasteiger charge is 2.32. The van der Waals surface area contributed by atoms with Crippen molar-refractivity contribution in [1.29, 1.82) is 0 Å². The van der Waals surface area contributed by atoms with E-state index in [1.807, 2.05) is 45.9 Å². The molecule has 0 bridgehead atoms. The highest BCUT2D eigenvalue weighted by atomic mass is 32.1. The largest absolute Gasteiger partial charge is 0.455 e. The summed E-state index contributed by atoms with van der Waals surface area (Å²) in [6.45, 7) is 9.25. The number of hydrogen-bond donors (Lipinski definition) is 1. The summed E-state index contributed by atoms with van der Waals surface area (Å²) in [5.74, 6) is -0.654. The molecule has 1 N–H and O–H groups in total. The van der Waals surface area contributed by atoms with Gasteiger partial charge in [-0.1, -0.05) is 6.07 Å². The zero-order chi connectivity index (χ0) is 24.6. The minimum atomic E-state index is -0.500. The van der Waals surface area contributed by atoms with E-state index >= 15 is 0 Å². The number of carbonyl (C=O) groups is 3. The monoisotopic (exact) mass is 497 g/mol. The zero-order valence-electron chi connectivity index (χ0n) is 19.9. The molecule has 0 aliphatic heterocycles. The van der Waals surface area contributed by atoms with E-state index in [-0.39, 0.29) is 24.3 Å². The predicted molar refractivity (Wildman–Crippen MR) is 135 cm³/mol. The summed E-state index contributed by atoms with van der Waals surface area (Å²) in [6, 6.07) is 5.82. The molecule has 0 unspecified atom stereocenters. The van der Waals surface area contributed by atoms with Crippen LogP contribution in [0.2, 0.25) is 0 Å². The Morgan fingerprint density at radius 2 is 1.88 bits per heavy atom. The number of nitrogens with zero attached hydrogens (tertiary/aromatic N) is 2. The summed E-state index contributed by atoms with van der Waals surface area (Å²) in [5, 5.41) is 5.72. The summed E-state index contributed by atoms with van der Waals surface area (Å²) in [6.07, 6.45) is 1.78. The van der Waals surface area contributed by atoms with Crippen LogP contribution in [-0.2, 0) is 20.9 Å². The molecule has 178 valence electrons. The molecule has 1 aromatic carbocycles. The number of rotatable bonds is 7. The van der Waals surface area contributed by atoms with Gasteiger partial charge in [-0.05, 0) is 69.4 Å². The SMILES string of the molecule is CC(=O)N(c1ccc(C)c(C)c1)c1nc(COC(=O)c2c(NC(=O)C3CC3)sc(C)c2C)cs1. The van der Waals surface area contributed by atoms with Crippen molar-refractivity contribution >= 4 is 56.3 Å². The normalized spacial score (nSPS) is 13.0. The van der Waals surface area contributed by atoms with E-state index in [4.69, 9.17) is 4.74 Å². The van der Waals surface area contributed by atoms with Gasteiger partial charge in [-0.3, -0.25) is 14.5 Å². The van der Waals surface area contributed by atoms with Crippen molar-refractivity contribution in [1.82, 2.24) is 4.98 Å². The number of thiophene rings is 1. The molecule has 0 saturated heterocycles. The molecule has 7 nitrogen and oxygen atoms in total. The van der Waals surface area contributed by atoms with E-state index in [9.17, 15) is 14.4 Å². The maximum absolute atomic E-state index is 12.9. The third-order valence-corrected chi connectivity index (χ3v) is 7.92. The van der Waals surface area contributed by atoms with E-state index in [1.165, 1.54) is 29.6 Å². The van der Waals surface area contributed by atoms with Gasteiger partial charge >= 0.3 is 5.97 Å². The van der Waals surface area contributed by atoms with E-state index in [2.05, 4.69) is 10.3 Å². The molecule has 1 aliphatic carbocycles. The number of hydrogen-bond acceptors (Lipinski definition) is 7. The summed E-state index contributed by atoms with van der Waals surface area (Å²) >= 11 is 2.70. The Morgan fingerprint density at radius 1 is 1.15 bits per heavy atom. The number of amides is 2. The molecule has 4 rings (SSSR count). The predicted octanol–water partition coefficient (Wildman–Crippen LogP) is 5.83. The van der Waals surface area contributed by atoms with E-state index < -0.39 is 5.97 Å². The quantitative estimate of drug-likeness (QED) is 0.415. The molecule has 2 aromatic heterocycles. The average molecular weight is 498 g/mol. The van der Waals surface area contributed by atoms with Gasteiger partial charge < -0.3 is 10.1 Å². The average Bonchev–Trinajstić information content (AvgIpc) is 3.47. The maximum Gasteiger partial charge on any atom is 0.341 e. The van der Waals surface area contributed by atoms with Gasteiger partial charge in [0.05, 0.1) is 16.9 Å². The number of thiazole rings is 1. The Bertz CT molecular complexity index is 1270. The minimum Gasteiger partial charge on any atom is -0.455 e. The Hall–Kier alpha value is -3.04. The van der Waals surface area contributed by atoms with Crippen molar-refractivity contribution in [2.75, 3.05) is 10.2 Å². The van der Waals surface area contributed by atoms with Crippen LogP contribution in [-0.4, -0.2) is 22.8 Å². The zero-order valence-corrected chi connectivity index (χ0v) is 21.5. The number of benzene rings is 1. The smallest absolute Gasteiger partial charge is 0.341 e. The van der Waals surface area contributed by atoms with Crippen LogP contribution in [0.5, 0.6) is 0 Å². The lowest BCUT2D eigenvalue weighted by Gasteiger charge is -2.19. The molecule has 2 heterocycles. The second-order valence-corrected chi connectivity index (χ2v) is 10.6. The Kier molecular flexibility index (Phi) is 6.86. The lowest BCUT2D eigenvalue weighted by molar-refractivity contribution is -0.117. The number of anilines is 3. The third-order valence-electron chi connectivity index (χ3n) is 5.92. The van der Waals surface area contributed by atoms with Gasteiger partial charge in [0.2, 0.25) is 11.8 Å². The third kappa shape index (κ3) is 5.05. The lowest BCUT2D eigenvalue weighted by atomic mass is 10.1. The lowest BCUT2D eigenvalue weighted by Crippen LogP contribution is -2.22. The summed E-state index contributed by atoms with van der Waals surface area (Å²) < 4.78 is 5.56. The van der Waals surface area contributed by atoms with E-state index in [0.29, 0.717) is 21.4 Å². The van der Waals surface area contributed by atoms with Gasteiger partial charge in [0.25, 0.3) is 0 Å². The molecule has 9 heteroatoms. The van der Waals surface area contributed by atoms with E-state index in [1.54, 1.807) is 10.3 Å². The summed E-state index contributed by atoms with van der Waals surface area (Å²) in [5.41, 5.74) is 4.72. The van der Waals surface area contributed by atoms with Gasteiger partial charge in [0.1, 0.15) is 11.6 Å².